The van der Waals surface area contributed by atoms with E-state index in [1.165, 1.54) is 14.2 Å². The van der Waals surface area contributed by atoms with E-state index in [-0.39, 0.29) is 6.42 Å². The number of benzene rings is 1. The molecule has 0 unspecified atom stereocenters. The molecule has 0 aromatic heterocycles. The maximum atomic E-state index is 12.5. The van der Waals surface area contributed by atoms with E-state index >= 15 is 0 Å². The van der Waals surface area contributed by atoms with Gasteiger partial charge in [-0.05, 0) is 30.4 Å². The second kappa shape index (κ2) is 8.34. The summed E-state index contributed by atoms with van der Waals surface area (Å²) >= 11 is 0. The van der Waals surface area contributed by atoms with Gasteiger partial charge >= 0.3 is 11.9 Å². The summed E-state index contributed by atoms with van der Waals surface area (Å²) in [6, 6.07) is 9.66. The number of rotatable bonds is 3. The highest BCUT2D eigenvalue weighted by molar-refractivity contribution is 6.00. The van der Waals surface area contributed by atoms with Gasteiger partial charge in [-0.25, -0.2) is 0 Å². The van der Waals surface area contributed by atoms with Crippen molar-refractivity contribution in [1.82, 2.24) is 0 Å². The molecule has 1 aliphatic carbocycles. The normalized spacial score (nSPS) is 18.8. The Morgan fingerprint density at radius 1 is 1.12 bits per heavy atom. The standard InChI is InChI=1S/C21H22O4/c1-16-10-6-5-9-14-21(19(22)24-2,20(23)25-3)15-13-18(16)17-11-7-4-8-12-17/h4,7-8,11-13H,1,5,9,14-15H2,2-3H3/b18-13+. The van der Waals surface area contributed by atoms with E-state index in [0.717, 1.165) is 11.1 Å². The average Bonchev–Trinajstić information content (AvgIpc) is 2.65. The van der Waals surface area contributed by atoms with Gasteiger partial charge in [0.05, 0.1) is 14.2 Å². The molecule has 2 rings (SSSR count). The molecule has 4 heteroatoms. The van der Waals surface area contributed by atoms with Gasteiger partial charge in [0.25, 0.3) is 0 Å². The van der Waals surface area contributed by atoms with Crippen LogP contribution in [0.5, 0.6) is 0 Å². The molecule has 0 amide bonds. The zero-order chi connectivity index (χ0) is 18.3. The Hall–Kier alpha value is -2.80. The number of carbonyl (C=O) groups is 2. The maximum Gasteiger partial charge on any atom is 0.323 e. The lowest BCUT2D eigenvalue weighted by molar-refractivity contribution is -0.169. The van der Waals surface area contributed by atoms with E-state index < -0.39 is 17.4 Å². The van der Waals surface area contributed by atoms with Gasteiger partial charge in [-0.2, -0.15) is 0 Å². The molecule has 0 saturated heterocycles. The number of hydrogen-bond donors (Lipinski definition) is 0. The molecule has 1 aliphatic rings. The molecule has 0 N–H and O–H groups in total. The van der Waals surface area contributed by atoms with Crippen LogP contribution in [0.4, 0.5) is 0 Å². The van der Waals surface area contributed by atoms with Gasteiger partial charge in [-0.1, -0.05) is 54.8 Å². The summed E-state index contributed by atoms with van der Waals surface area (Å²) in [5.74, 6) is 4.97. The Labute approximate surface area is 148 Å². The molecule has 130 valence electrons. The minimum Gasteiger partial charge on any atom is -0.468 e. The summed E-state index contributed by atoms with van der Waals surface area (Å²) in [6.07, 6.45) is 3.50. The highest BCUT2D eigenvalue weighted by atomic mass is 16.5. The molecule has 0 atom stereocenters. The second-order valence-corrected chi connectivity index (χ2v) is 5.89. The van der Waals surface area contributed by atoms with Crippen molar-refractivity contribution < 1.29 is 19.1 Å². The second-order valence-electron chi connectivity index (χ2n) is 5.89. The van der Waals surface area contributed by atoms with E-state index in [4.69, 9.17) is 9.47 Å². The third kappa shape index (κ3) is 4.00. The van der Waals surface area contributed by atoms with Crippen LogP contribution in [-0.4, -0.2) is 26.2 Å². The Morgan fingerprint density at radius 3 is 2.36 bits per heavy atom. The van der Waals surface area contributed by atoms with Gasteiger partial charge in [0.1, 0.15) is 0 Å². The zero-order valence-corrected chi connectivity index (χ0v) is 14.6. The van der Waals surface area contributed by atoms with Gasteiger partial charge in [0, 0.05) is 12.0 Å². The van der Waals surface area contributed by atoms with Crippen LogP contribution >= 0.6 is 0 Å². The number of allylic oxidation sites excluding steroid dienone is 3. The highest BCUT2D eigenvalue weighted by Crippen LogP contribution is 2.35. The zero-order valence-electron chi connectivity index (χ0n) is 14.6. The summed E-state index contributed by atoms with van der Waals surface area (Å²) in [5, 5.41) is 0. The molecule has 0 bridgehead atoms. The van der Waals surface area contributed by atoms with Crippen molar-refractivity contribution >= 4 is 17.5 Å². The number of esters is 2. The maximum absolute atomic E-state index is 12.5. The van der Waals surface area contributed by atoms with E-state index in [1.807, 2.05) is 36.4 Å². The fourth-order valence-electron chi connectivity index (χ4n) is 2.97. The van der Waals surface area contributed by atoms with Gasteiger partial charge < -0.3 is 9.47 Å². The molecule has 0 aliphatic heterocycles. The average molecular weight is 338 g/mol. The molecule has 0 spiro atoms. The van der Waals surface area contributed by atoms with Crippen molar-refractivity contribution in [2.75, 3.05) is 14.2 Å². The Kier molecular flexibility index (Phi) is 6.19. The molecule has 0 fully saturated rings. The quantitative estimate of drug-likeness (QED) is 0.481. The van der Waals surface area contributed by atoms with E-state index in [1.54, 1.807) is 0 Å². The molecule has 25 heavy (non-hydrogen) atoms. The van der Waals surface area contributed by atoms with Crippen LogP contribution in [0, 0.1) is 17.3 Å². The number of hydrogen-bond acceptors (Lipinski definition) is 4. The fourth-order valence-corrected chi connectivity index (χ4v) is 2.97. The van der Waals surface area contributed by atoms with Gasteiger partial charge in [0.15, 0.2) is 5.41 Å². The third-order valence-corrected chi connectivity index (χ3v) is 4.36. The SMILES string of the molecule is C=C1C#CCCCC(C(=O)OC)(C(=O)OC)C/C=C\1c1ccccc1. The van der Waals surface area contributed by atoms with E-state index in [9.17, 15) is 9.59 Å². The topological polar surface area (TPSA) is 52.6 Å². The summed E-state index contributed by atoms with van der Waals surface area (Å²) in [7, 11) is 2.57. The molecule has 1 aromatic rings. The van der Waals surface area contributed by atoms with Crippen LogP contribution < -0.4 is 0 Å². The lowest BCUT2D eigenvalue weighted by Gasteiger charge is -2.27. The van der Waals surface area contributed by atoms with Crippen molar-refractivity contribution in [3.05, 3.63) is 54.1 Å². The van der Waals surface area contributed by atoms with Crippen LogP contribution in [-0.2, 0) is 19.1 Å². The Morgan fingerprint density at radius 2 is 1.76 bits per heavy atom. The largest absolute Gasteiger partial charge is 0.468 e. The van der Waals surface area contributed by atoms with Crippen molar-refractivity contribution in [3.63, 3.8) is 0 Å². The van der Waals surface area contributed by atoms with Gasteiger partial charge in [0.2, 0.25) is 0 Å². The van der Waals surface area contributed by atoms with Crippen LogP contribution in [0.2, 0.25) is 0 Å². The van der Waals surface area contributed by atoms with E-state index in [0.29, 0.717) is 24.8 Å². The first-order valence-electron chi connectivity index (χ1n) is 8.15. The highest BCUT2D eigenvalue weighted by Gasteiger charge is 2.47. The minimum absolute atomic E-state index is 0.178. The molecular formula is C21H22O4. The summed E-state index contributed by atoms with van der Waals surface area (Å²) in [5.41, 5.74) is 1.05. The van der Waals surface area contributed by atoms with Crippen molar-refractivity contribution in [1.29, 1.82) is 0 Å². The lowest BCUT2D eigenvalue weighted by atomic mass is 9.78. The van der Waals surface area contributed by atoms with Gasteiger partial charge in [-0.3, -0.25) is 9.59 Å². The van der Waals surface area contributed by atoms with E-state index in [2.05, 4.69) is 18.4 Å². The predicted molar refractivity (Wildman–Crippen MR) is 96.3 cm³/mol. The third-order valence-electron chi connectivity index (χ3n) is 4.36. The summed E-state index contributed by atoms with van der Waals surface area (Å²) in [6.45, 7) is 4.05. The molecule has 1 aromatic carbocycles. The van der Waals surface area contributed by atoms with Crippen molar-refractivity contribution in [2.24, 2.45) is 5.41 Å². The van der Waals surface area contributed by atoms with Gasteiger partial charge in [-0.15, -0.1) is 0 Å². The first kappa shape index (κ1) is 18.5. The molecule has 0 saturated carbocycles. The number of ether oxygens (including phenoxy) is 2. The minimum atomic E-state index is -1.36. The number of carbonyl (C=O) groups excluding carboxylic acids is 2. The fraction of sp³-hybridized carbons (Fsp3) is 0.333. The Bertz CT molecular complexity index is 731. The summed E-state index contributed by atoms with van der Waals surface area (Å²) in [4.78, 5) is 24.9. The smallest absolute Gasteiger partial charge is 0.323 e. The monoisotopic (exact) mass is 338 g/mol. The molecule has 0 heterocycles. The summed E-state index contributed by atoms with van der Waals surface area (Å²) < 4.78 is 9.85. The van der Waals surface area contributed by atoms with Crippen LogP contribution in [0.3, 0.4) is 0 Å². The first-order chi connectivity index (χ1) is 12.0. The molecular weight excluding hydrogens is 316 g/mol. The van der Waals surface area contributed by atoms with Crippen molar-refractivity contribution in [3.8, 4) is 11.8 Å². The molecule has 0 radical (unpaired) electrons. The van der Waals surface area contributed by atoms with Crippen LogP contribution in [0.25, 0.3) is 5.57 Å². The molecule has 4 nitrogen and oxygen atoms in total. The Balaban J connectivity index is 2.54. The van der Waals surface area contributed by atoms with Crippen LogP contribution in [0.15, 0.2) is 48.6 Å². The lowest BCUT2D eigenvalue weighted by Crippen LogP contribution is -2.41. The predicted octanol–water partition coefficient (Wildman–Crippen LogP) is 3.54. The van der Waals surface area contributed by atoms with Crippen molar-refractivity contribution in [2.45, 2.75) is 25.7 Å². The van der Waals surface area contributed by atoms with Crippen LogP contribution in [0.1, 0.15) is 31.2 Å². The first-order valence-corrected chi connectivity index (χ1v) is 8.15. The number of methoxy groups -OCH3 is 2.